The number of hydrogen-bond donors (Lipinski definition) is 0. The number of hydrogen-bond acceptors (Lipinski definition) is 1. The second kappa shape index (κ2) is 6.94. The van der Waals surface area contributed by atoms with Gasteiger partial charge < -0.3 is 4.57 Å². The molecule has 25 heavy (non-hydrogen) atoms. The highest BCUT2D eigenvalue weighted by molar-refractivity contribution is 6.06. The Labute approximate surface area is 149 Å². The van der Waals surface area contributed by atoms with Crippen molar-refractivity contribution in [3.8, 4) is 5.69 Å². The summed E-state index contributed by atoms with van der Waals surface area (Å²) in [5, 5.41) is 0. The first-order valence-electron chi connectivity index (χ1n) is 8.51. The van der Waals surface area contributed by atoms with Crippen molar-refractivity contribution in [2.24, 2.45) is 0 Å². The van der Waals surface area contributed by atoms with Gasteiger partial charge in [-0.2, -0.15) is 0 Å². The van der Waals surface area contributed by atoms with Gasteiger partial charge in [0.05, 0.1) is 0 Å². The quantitative estimate of drug-likeness (QED) is 0.450. The van der Waals surface area contributed by atoms with Gasteiger partial charge in [-0.05, 0) is 63.6 Å². The standard InChI is InChI=1S/C23H23NO/c1-16-5-9-20(10-6-16)23(25)14-11-21-15-18(3)24(19(21)4)22-12-7-17(2)8-13-22/h5-15H,1-4H3/b14-11+. The van der Waals surface area contributed by atoms with Crippen LogP contribution in [0.2, 0.25) is 0 Å². The van der Waals surface area contributed by atoms with Gasteiger partial charge in [0.15, 0.2) is 5.78 Å². The van der Waals surface area contributed by atoms with Crippen LogP contribution in [0.25, 0.3) is 11.8 Å². The first-order valence-corrected chi connectivity index (χ1v) is 8.51. The molecule has 0 radical (unpaired) electrons. The van der Waals surface area contributed by atoms with Crippen LogP contribution in [-0.4, -0.2) is 10.4 Å². The number of carbonyl (C=O) groups excluding carboxylic acids is 1. The maximum atomic E-state index is 12.3. The Morgan fingerprint density at radius 2 is 1.40 bits per heavy atom. The zero-order valence-corrected chi connectivity index (χ0v) is 15.2. The van der Waals surface area contributed by atoms with Crippen LogP contribution in [0.15, 0.2) is 60.7 Å². The molecule has 0 saturated heterocycles. The van der Waals surface area contributed by atoms with Gasteiger partial charge in [-0.25, -0.2) is 0 Å². The van der Waals surface area contributed by atoms with Gasteiger partial charge in [-0.1, -0.05) is 47.5 Å². The number of aryl methyl sites for hydroxylation is 3. The number of allylic oxidation sites excluding steroid dienone is 1. The van der Waals surface area contributed by atoms with E-state index in [1.54, 1.807) is 6.08 Å². The molecule has 0 aliphatic heterocycles. The van der Waals surface area contributed by atoms with Gasteiger partial charge in [0, 0.05) is 22.6 Å². The average molecular weight is 329 g/mol. The van der Waals surface area contributed by atoms with Gasteiger partial charge in [0.1, 0.15) is 0 Å². The molecule has 0 saturated carbocycles. The van der Waals surface area contributed by atoms with Gasteiger partial charge in [-0.15, -0.1) is 0 Å². The fourth-order valence-electron chi connectivity index (χ4n) is 3.03. The summed E-state index contributed by atoms with van der Waals surface area (Å²) in [5.41, 5.74) is 7.62. The van der Waals surface area contributed by atoms with Crippen molar-refractivity contribution >= 4 is 11.9 Å². The zero-order valence-electron chi connectivity index (χ0n) is 15.2. The molecule has 0 bridgehead atoms. The van der Waals surface area contributed by atoms with Crippen LogP contribution in [0.4, 0.5) is 0 Å². The number of ketones is 1. The summed E-state index contributed by atoms with van der Waals surface area (Å²) < 4.78 is 2.22. The maximum absolute atomic E-state index is 12.3. The molecule has 2 heteroatoms. The summed E-state index contributed by atoms with van der Waals surface area (Å²) in [4.78, 5) is 12.3. The number of aromatic nitrogens is 1. The van der Waals surface area contributed by atoms with E-state index in [9.17, 15) is 4.79 Å². The molecule has 0 N–H and O–H groups in total. The monoisotopic (exact) mass is 329 g/mol. The fourth-order valence-corrected chi connectivity index (χ4v) is 3.03. The molecule has 0 aliphatic rings. The Hall–Kier alpha value is -2.87. The molecule has 0 aliphatic carbocycles. The molecule has 126 valence electrons. The van der Waals surface area contributed by atoms with Gasteiger partial charge >= 0.3 is 0 Å². The molecule has 1 aromatic heterocycles. The second-order valence-corrected chi connectivity index (χ2v) is 6.56. The lowest BCUT2D eigenvalue weighted by atomic mass is 10.1. The van der Waals surface area contributed by atoms with Crippen LogP contribution >= 0.6 is 0 Å². The number of nitrogens with zero attached hydrogens (tertiary/aromatic N) is 1. The minimum Gasteiger partial charge on any atom is -0.318 e. The molecule has 0 fully saturated rings. The van der Waals surface area contributed by atoms with Crippen LogP contribution in [0.5, 0.6) is 0 Å². The fraction of sp³-hybridized carbons (Fsp3) is 0.174. The lowest BCUT2D eigenvalue weighted by molar-refractivity contribution is 0.104. The summed E-state index contributed by atoms with van der Waals surface area (Å²) in [6.07, 6.45) is 3.57. The third kappa shape index (κ3) is 3.63. The Balaban J connectivity index is 1.88. The Morgan fingerprint density at radius 3 is 2.00 bits per heavy atom. The summed E-state index contributed by atoms with van der Waals surface area (Å²) in [5.74, 6) is 0.0279. The second-order valence-electron chi connectivity index (χ2n) is 6.56. The van der Waals surface area contributed by atoms with E-state index in [4.69, 9.17) is 0 Å². The number of carbonyl (C=O) groups is 1. The predicted molar refractivity (Wildman–Crippen MR) is 105 cm³/mol. The first kappa shape index (κ1) is 17.0. The van der Waals surface area contributed by atoms with Gasteiger partial charge in [0.2, 0.25) is 0 Å². The third-order valence-corrected chi connectivity index (χ3v) is 4.51. The van der Waals surface area contributed by atoms with Crippen LogP contribution in [0.3, 0.4) is 0 Å². The van der Waals surface area contributed by atoms with Crippen molar-refractivity contribution in [3.05, 3.63) is 94.3 Å². The summed E-state index contributed by atoms with van der Waals surface area (Å²) in [6, 6.07) is 18.3. The molecule has 1 heterocycles. The summed E-state index contributed by atoms with van der Waals surface area (Å²) >= 11 is 0. The van der Waals surface area contributed by atoms with Crippen LogP contribution in [0, 0.1) is 27.7 Å². The van der Waals surface area contributed by atoms with Crippen molar-refractivity contribution < 1.29 is 4.79 Å². The third-order valence-electron chi connectivity index (χ3n) is 4.51. The molecule has 0 amide bonds. The van der Waals surface area contributed by atoms with E-state index in [2.05, 4.69) is 55.7 Å². The molecular weight excluding hydrogens is 306 g/mol. The average Bonchev–Trinajstić information content (AvgIpc) is 2.88. The van der Waals surface area contributed by atoms with Crippen molar-refractivity contribution in [2.45, 2.75) is 27.7 Å². The number of rotatable bonds is 4. The van der Waals surface area contributed by atoms with Crippen molar-refractivity contribution in [1.82, 2.24) is 4.57 Å². The summed E-state index contributed by atoms with van der Waals surface area (Å²) in [7, 11) is 0. The minimum atomic E-state index is 0.0279. The highest BCUT2D eigenvalue weighted by Crippen LogP contribution is 2.22. The Bertz CT molecular complexity index is 925. The van der Waals surface area contributed by atoms with Crippen LogP contribution in [-0.2, 0) is 0 Å². The van der Waals surface area contributed by atoms with Gasteiger partial charge in [0.25, 0.3) is 0 Å². The summed E-state index contributed by atoms with van der Waals surface area (Å²) in [6.45, 7) is 8.28. The van der Waals surface area contributed by atoms with E-state index in [1.165, 1.54) is 5.56 Å². The van der Waals surface area contributed by atoms with E-state index in [0.29, 0.717) is 5.56 Å². The van der Waals surface area contributed by atoms with E-state index in [1.807, 2.05) is 37.3 Å². The normalized spacial score (nSPS) is 11.2. The Kier molecular flexibility index (Phi) is 4.71. The predicted octanol–water partition coefficient (Wildman–Crippen LogP) is 5.61. The molecule has 3 rings (SSSR count). The number of benzene rings is 2. The zero-order chi connectivity index (χ0) is 18.0. The maximum Gasteiger partial charge on any atom is 0.185 e. The largest absolute Gasteiger partial charge is 0.318 e. The van der Waals surface area contributed by atoms with Crippen LogP contribution in [0.1, 0.15) is 38.4 Å². The lowest BCUT2D eigenvalue weighted by Crippen LogP contribution is -1.99. The van der Waals surface area contributed by atoms with Gasteiger partial charge in [-0.3, -0.25) is 4.79 Å². The molecule has 2 aromatic carbocycles. The van der Waals surface area contributed by atoms with Crippen LogP contribution < -0.4 is 0 Å². The molecular formula is C23H23NO. The highest BCUT2D eigenvalue weighted by atomic mass is 16.1. The van der Waals surface area contributed by atoms with Crippen molar-refractivity contribution in [2.75, 3.05) is 0 Å². The molecule has 0 unspecified atom stereocenters. The van der Waals surface area contributed by atoms with E-state index >= 15 is 0 Å². The first-order chi connectivity index (χ1) is 12.0. The highest BCUT2D eigenvalue weighted by Gasteiger charge is 2.09. The smallest absolute Gasteiger partial charge is 0.185 e. The molecule has 0 spiro atoms. The van der Waals surface area contributed by atoms with E-state index in [0.717, 1.165) is 28.2 Å². The minimum absolute atomic E-state index is 0.0279. The Morgan fingerprint density at radius 1 is 0.840 bits per heavy atom. The van der Waals surface area contributed by atoms with E-state index < -0.39 is 0 Å². The van der Waals surface area contributed by atoms with Crippen molar-refractivity contribution in [3.63, 3.8) is 0 Å². The topological polar surface area (TPSA) is 22.0 Å². The molecule has 2 nitrogen and oxygen atoms in total. The molecule has 0 atom stereocenters. The van der Waals surface area contributed by atoms with E-state index in [-0.39, 0.29) is 5.78 Å². The molecule has 3 aromatic rings. The van der Waals surface area contributed by atoms with Crippen molar-refractivity contribution in [1.29, 1.82) is 0 Å². The SMILES string of the molecule is Cc1ccc(C(=O)/C=C/c2cc(C)n(-c3ccc(C)cc3)c2C)cc1. The lowest BCUT2D eigenvalue weighted by Gasteiger charge is -2.09.